The molecule has 0 radical (unpaired) electrons. The monoisotopic (exact) mass is 250 g/mol. The molecule has 0 spiro atoms. The molecule has 1 aromatic rings. The van der Waals surface area contributed by atoms with Gasteiger partial charge in [-0.1, -0.05) is 12.1 Å². The number of carbonyl (C=O) groups excluding carboxylic acids is 1. The number of benzene rings is 1. The summed E-state index contributed by atoms with van der Waals surface area (Å²) in [5, 5.41) is 9.22. The van der Waals surface area contributed by atoms with E-state index in [0.29, 0.717) is 26.1 Å². The van der Waals surface area contributed by atoms with E-state index in [-0.39, 0.29) is 17.6 Å². The van der Waals surface area contributed by atoms with Crippen LogP contribution in [0.1, 0.15) is 19.4 Å². The minimum atomic E-state index is -0.186. The summed E-state index contributed by atoms with van der Waals surface area (Å²) in [6, 6.07) is 6.91. The Labute approximate surface area is 108 Å². The van der Waals surface area contributed by atoms with Crippen LogP contribution < -0.4 is 5.73 Å². The van der Waals surface area contributed by atoms with E-state index in [1.807, 2.05) is 26.0 Å². The van der Waals surface area contributed by atoms with E-state index < -0.39 is 0 Å². The average Bonchev–Trinajstić information content (AvgIpc) is 2.39. The molecule has 0 saturated heterocycles. The zero-order valence-electron chi connectivity index (χ0n) is 11.1. The molecule has 0 aliphatic rings. The third kappa shape index (κ3) is 3.74. The van der Waals surface area contributed by atoms with Gasteiger partial charge in [0.1, 0.15) is 5.75 Å². The lowest BCUT2D eigenvalue weighted by Gasteiger charge is -2.24. The van der Waals surface area contributed by atoms with Gasteiger partial charge in [-0.3, -0.25) is 4.79 Å². The summed E-state index contributed by atoms with van der Waals surface area (Å²) >= 11 is 0. The first-order valence-corrected chi connectivity index (χ1v) is 6.39. The van der Waals surface area contributed by atoms with E-state index >= 15 is 0 Å². The molecule has 0 fully saturated rings. The molecular weight excluding hydrogens is 228 g/mol. The van der Waals surface area contributed by atoms with Crippen LogP contribution in [0, 0.1) is 5.92 Å². The first kappa shape index (κ1) is 14.5. The summed E-state index contributed by atoms with van der Waals surface area (Å²) in [5.41, 5.74) is 6.72. The van der Waals surface area contributed by atoms with Gasteiger partial charge in [0.05, 0.1) is 5.92 Å². The molecule has 1 aromatic carbocycles. The number of amides is 1. The maximum absolute atomic E-state index is 12.2. The molecule has 0 aromatic heterocycles. The average molecular weight is 250 g/mol. The fourth-order valence-electron chi connectivity index (χ4n) is 1.98. The van der Waals surface area contributed by atoms with Crippen LogP contribution in [0.15, 0.2) is 24.3 Å². The van der Waals surface area contributed by atoms with Gasteiger partial charge >= 0.3 is 0 Å². The molecule has 0 bridgehead atoms. The highest BCUT2D eigenvalue weighted by atomic mass is 16.3. The summed E-state index contributed by atoms with van der Waals surface area (Å²) < 4.78 is 0. The van der Waals surface area contributed by atoms with Crippen LogP contribution >= 0.6 is 0 Å². The summed E-state index contributed by atoms with van der Waals surface area (Å²) in [5.74, 6) is 0.156. The third-order valence-corrected chi connectivity index (χ3v) is 3.13. The molecule has 100 valence electrons. The second kappa shape index (κ2) is 7.01. The van der Waals surface area contributed by atoms with Crippen molar-refractivity contribution in [1.29, 1.82) is 0 Å². The van der Waals surface area contributed by atoms with E-state index in [1.54, 1.807) is 17.0 Å². The van der Waals surface area contributed by atoms with Gasteiger partial charge in [0.15, 0.2) is 0 Å². The number of aromatic hydroxyl groups is 1. The van der Waals surface area contributed by atoms with Crippen molar-refractivity contribution in [3.8, 4) is 5.75 Å². The molecule has 0 aliphatic heterocycles. The van der Waals surface area contributed by atoms with Crippen molar-refractivity contribution in [2.45, 2.75) is 20.3 Å². The predicted molar refractivity (Wildman–Crippen MR) is 72.3 cm³/mol. The zero-order valence-corrected chi connectivity index (χ0v) is 11.1. The number of hydrogen-bond acceptors (Lipinski definition) is 3. The number of carbonyl (C=O) groups is 1. The second-order valence-corrected chi connectivity index (χ2v) is 4.31. The molecule has 1 amide bonds. The van der Waals surface area contributed by atoms with Crippen LogP contribution in [0.25, 0.3) is 0 Å². The standard InChI is InChI=1S/C14H22N2O2/c1-3-16(4-2)14(18)12(10-15)9-11-5-7-13(17)8-6-11/h5-8,12,17H,3-4,9-10,15H2,1-2H3. The minimum absolute atomic E-state index is 0.107. The molecule has 0 saturated carbocycles. The topological polar surface area (TPSA) is 66.6 Å². The second-order valence-electron chi connectivity index (χ2n) is 4.31. The highest BCUT2D eigenvalue weighted by Gasteiger charge is 2.21. The lowest BCUT2D eigenvalue weighted by molar-refractivity contribution is -0.134. The Morgan fingerprint density at radius 2 is 1.83 bits per heavy atom. The van der Waals surface area contributed by atoms with E-state index in [2.05, 4.69) is 0 Å². The Morgan fingerprint density at radius 1 is 1.28 bits per heavy atom. The SMILES string of the molecule is CCN(CC)C(=O)C(CN)Cc1ccc(O)cc1. The van der Waals surface area contributed by atoms with Crippen LogP contribution in [-0.4, -0.2) is 35.5 Å². The largest absolute Gasteiger partial charge is 0.508 e. The van der Waals surface area contributed by atoms with Gasteiger partial charge in [-0.15, -0.1) is 0 Å². The van der Waals surface area contributed by atoms with Crippen molar-refractivity contribution in [1.82, 2.24) is 4.90 Å². The van der Waals surface area contributed by atoms with Gasteiger partial charge in [0, 0.05) is 19.6 Å². The lowest BCUT2D eigenvalue weighted by atomic mass is 9.98. The van der Waals surface area contributed by atoms with Crippen LogP contribution in [-0.2, 0) is 11.2 Å². The van der Waals surface area contributed by atoms with E-state index in [4.69, 9.17) is 5.73 Å². The van der Waals surface area contributed by atoms with Gasteiger partial charge < -0.3 is 15.7 Å². The van der Waals surface area contributed by atoms with E-state index in [0.717, 1.165) is 5.56 Å². The van der Waals surface area contributed by atoms with Crippen LogP contribution in [0.5, 0.6) is 5.75 Å². The lowest BCUT2D eigenvalue weighted by Crippen LogP contribution is -2.39. The molecule has 1 unspecified atom stereocenters. The highest BCUT2D eigenvalue weighted by Crippen LogP contribution is 2.15. The molecule has 1 atom stereocenters. The Hall–Kier alpha value is -1.55. The van der Waals surface area contributed by atoms with Gasteiger partial charge in [-0.2, -0.15) is 0 Å². The van der Waals surface area contributed by atoms with Crippen LogP contribution in [0.4, 0.5) is 0 Å². The van der Waals surface area contributed by atoms with Crippen LogP contribution in [0.3, 0.4) is 0 Å². The van der Waals surface area contributed by atoms with Crippen LogP contribution in [0.2, 0.25) is 0 Å². The van der Waals surface area contributed by atoms with Gasteiger partial charge in [0.2, 0.25) is 5.91 Å². The molecule has 4 heteroatoms. The Kier molecular flexibility index (Phi) is 5.65. The first-order chi connectivity index (χ1) is 8.62. The molecule has 18 heavy (non-hydrogen) atoms. The van der Waals surface area contributed by atoms with Gasteiger partial charge in [-0.25, -0.2) is 0 Å². The number of nitrogens with two attached hydrogens (primary N) is 1. The minimum Gasteiger partial charge on any atom is -0.508 e. The number of nitrogens with zero attached hydrogens (tertiary/aromatic N) is 1. The van der Waals surface area contributed by atoms with Crippen molar-refractivity contribution in [3.63, 3.8) is 0 Å². The van der Waals surface area contributed by atoms with Gasteiger partial charge in [-0.05, 0) is 38.0 Å². The first-order valence-electron chi connectivity index (χ1n) is 6.39. The number of hydrogen-bond donors (Lipinski definition) is 2. The molecule has 0 aliphatic carbocycles. The molecule has 1 rings (SSSR count). The summed E-state index contributed by atoms with van der Waals surface area (Å²) in [4.78, 5) is 14.0. The smallest absolute Gasteiger partial charge is 0.227 e. The zero-order chi connectivity index (χ0) is 13.5. The Bertz CT molecular complexity index is 372. The van der Waals surface area contributed by atoms with E-state index in [1.165, 1.54) is 0 Å². The summed E-state index contributed by atoms with van der Waals surface area (Å²) in [7, 11) is 0. The fraction of sp³-hybridized carbons (Fsp3) is 0.500. The number of rotatable bonds is 6. The Morgan fingerprint density at radius 3 is 2.28 bits per heavy atom. The van der Waals surface area contributed by atoms with Gasteiger partial charge in [0.25, 0.3) is 0 Å². The fourth-order valence-corrected chi connectivity index (χ4v) is 1.98. The number of phenolic OH excluding ortho intramolecular Hbond substituents is 1. The van der Waals surface area contributed by atoms with Crippen molar-refractivity contribution in [2.24, 2.45) is 11.7 Å². The maximum Gasteiger partial charge on any atom is 0.227 e. The molecule has 4 nitrogen and oxygen atoms in total. The van der Waals surface area contributed by atoms with Crippen molar-refractivity contribution >= 4 is 5.91 Å². The summed E-state index contributed by atoms with van der Waals surface area (Å²) in [6.45, 7) is 5.70. The van der Waals surface area contributed by atoms with Crippen molar-refractivity contribution < 1.29 is 9.90 Å². The third-order valence-electron chi connectivity index (χ3n) is 3.13. The molecular formula is C14H22N2O2. The summed E-state index contributed by atoms with van der Waals surface area (Å²) in [6.07, 6.45) is 0.617. The highest BCUT2D eigenvalue weighted by molar-refractivity contribution is 5.79. The van der Waals surface area contributed by atoms with Crippen molar-refractivity contribution in [3.05, 3.63) is 29.8 Å². The van der Waals surface area contributed by atoms with Crippen molar-refractivity contribution in [2.75, 3.05) is 19.6 Å². The van der Waals surface area contributed by atoms with E-state index in [9.17, 15) is 9.90 Å². The molecule has 0 heterocycles. The normalized spacial score (nSPS) is 12.2. The predicted octanol–water partition coefficient (Wildman–Crippen LogP) is 1.38. The number of phenols is 1. The molecule has 3 N–H and O–H groups in total. The Balaban J connectivity index is 2.72. The maximum atomic E-state index is 12.2. The quantitative estimate of drug-likeness (QED) is 0.801.